The van der Waals surface area contributed by atoms with Crippen molar-refractivity contribution >= 4 is 21.8 Å². The van der Waals surface area contributed by atoms with E-state index in [4.69, 9.17) is 14.2 Å². The Morgan fingerprint density at radius 1 is 1.11 bits per heavy atom. The van der Waals surface area contributed by atoms with Gasteiger partial charge in [-0.3, -0.25) is 9.21 Å². The van der Waals surface area contributed by atoms with Crippen LogP contribution in [0.3, 0.4) is 0 Å². The molecule has 0 N–H and O–H groups in total. The van der Waals surface area contributed by atoms with Crippen LogP contribution in [0.4, 0.5) is 23.7 Å². The number of carbonyl (C=O) groups is 1. The number of anilines is 1. The van der Waals surface area contributed by atoms with E-state index in [9.17, 15) is 26.4 Å². The number of ether oxygens (including phenoxy) is 3. The van der Waals surface area contributed by atoms with E-state index in [-0.39, 0.29) is 42.3 Å². The second kappa shape index (κ2) is 10.2. The predicted molar refractivity (Wildman–Crippen MR) is 123 cm³/mol. The molecule has 3 rings (SSSR count). The van der Waals surface area contributed by atoms with Crippen LogP contribution in [0.5, 0.6) is 11.5 Å². The van der Waals surface area contributed by atoms with Crippen LogP contribution in [0.2, 0.25) is 0 Å². The minimum atomic E-state index is -5.74. The lowest BCUT2D eigenvalue weighted by Crippen LogP contribution is -2.51. The second-order valence-electron chi connectivity index (χ2n) is 7.93. The van der Waals surface area contributed by atoms with Gasteiger partial charge in [0.15, 0.2) is 11.5 Å². The highest BCUT2D eigenvalue weighted by molar-refractivity contribution is 7.93. The maximum atomic E-state index is 13.6. The number of sulfonamides is 1. The molecule has 0 unspecified atom stereocenters. The third-order valence-corrected chi connectivity index (χ3v) is 7.38. The van der Waals surface area contributed by atoms with Crippen LogP contribution >= 0.6 is 0 Å². The number of alkyl halides is 3. The van der Waals surface area contributed by atoms with Crippen molar-refractivity contribution in [2.75, 3.05) is 25.1 Å². The van der Waals surface area contributed by atoms with Gasteiger partial charge in [0.1, 0.15) is 0 Å². The molecule has 0 aliphatic carbocycles. The number of hydrogen-bond donors (Lipinski definition) is 0. The number of hydrogen-bond acceptors (Lipinski definition) is 6. The van der Waals surface area contributed by atoms with Gasteiger partial charge in [0.25, 0.3) is 0 Å². The summed E-state index contributed by atoms with van der Waals surface area (Å²) in [6.45, 7) is 3.18. The SMILES string of the molecule is CCOC(=O)N(Cc1ccccc1)[C@H]1C[C@@H](C)N(S(=O)(=O)C(F)(F)F)c2cc(OC)c(OC)cc21. The van der Waals surface area contributed by atoms with Crippen LogP contribution in [0.25, 0.3) is 0 Å². The van der Waals surface area contributed by atoms with Crippen LogP contribution in [-0.2, 0) is 21.3 Å². The summed E-state index contributed by atoms with van der Waals surface area (Å²) in [6.07, 6.45) is -0.787. The molecule has 12 heteroatoms. The molecule has 2 aromatic rings. The molecule has 0 aromatic heterocycles. The van der Waals surface area contributed by atoms with Gasteiger partial charge in [-0.2, -0.15) is 21.6 Å². The van der Waals surface area contributed by atoms with Crippen molar-refractivity contribution in [3.63, 3.8) is 0 Å². The molecule has 0 saturated heterocycles. The molecule has 1 amide bonds. The molecule has 8 nitrogen and oxygen atoms in total. The first-order valence-corrected chi connectivity index (χ1v) is 12.2. The molecule has 1 aliphatic heterocycles. The number of amides is 1. The molecule has 35 heavy (non-hydrogen) atoms. The van der Waals surface area contributed by atoms with E-state index in [0.29, 0.717) is 4.31 Å². The fraction of sp³-hybridized carbons (Fsp3) is 0.435. The summed E-state index contributed by atoms with van der Waals surface area (Å²) in [4.78, 5) is 14.4. The van der Waals surface area contributed by atoms with E-state index in [0.717, 1.165) is 5.56 Å². The highest BCUT2D eigenvalue weighted by Crippen LogP contribution is 2.48. The molecule has 0 fully saturated rings. The third-order valence-electron chi connectivity index (χ3n) is 5.72. The van der Waals surface area contributed by atoms with E-state index in [1.54, 1.807) is 31.2 Å². The smallest absolute Gasteiger partial charge is 0.493 e. The highest BCUT2D eigenvalue weighted by Gasteiger charge is 2.54. The Hall–Kier alpha value is -3.15. The summed E-state index contributed by atoms with van der Waals surface area (Å²) < 4.78 is 82.1. The zero-order valence-corrected chi connectivity index (χ0v) is 20.5. The Balaban J connectivity index is 2.23. The first kappa shape index (κ1) is 26.5. The lowest BCUT2D eigenvalue weighted by atomic mass is 9.91. The van der Waals surface area contributed by atoms with Gasteiger partial charge in [0, 0.05) is 24.2 Å². The molecule has 2 atom stereocenters. The van der Waals surface area contributed by atoms with Crippen molar-refractivity contribution in [3.05, 3.63) is 53.6 Å². The van der Waals surface area contributed by atoms with Crippen molar-refractivity contribution in [2.24, 2.45) is 0 Å². The number of benzene rings is 2. The van der Waals surface area contributed by atoms with E-state index in [2.05, 4.69) is 0 Å². The molecule has 1 heterocycles. The summed E-state index contributed by atoms with van der Waals surface area (Å²) >= 11 is 0. The maximum Gasteiger partial charge on any atom is 0.516 e. The Labute approximate surface area is 202 Å². The molecular formula is C23H27F3N2O6S. The summed E-state index contributed by atoms with van der Waals surface area (Å²) in [5, 5.41) is 0. The van der Waals surface area contributed by atoms with Crippen molar-refractivity contribution < 1.29 is 40.6 Å². The number of nitrogens with zero attached hydrogens (tertiary/aromatic N) is 2. The van der Waals surface area contributed by atoms with Crippen molar-refractivity contribution in [3.8, 4) is 11.5 Å². The highest BCUT2D eigenvalue weighted by atomic mass is 32.2. The lowest BCUT2D eigenvalue weighted by Gasteiger charge is -2.43. The van der Waals surface area contributed by atoms with Gasteiger partial charge in [-0.15, -0.1) is 0 Å². The fourth-order valence-corrected chi connectivity index (χ4v) is 5.39. The number of methoxy groups -OCH3 is 2. The summed E-state index contributed by atoms with van der Waals surface area (Å²) in [5.41, 5.74) is -4.84. The van der Waals surface area contributed by atoms with Gasteiger partial charge in [-0.05, 0) is 31.9 Å². The lowest BCUT2D eigenvalue weighted by molar-refractivity contribution is -0.0442. The normalized spacial score (nSPS) is 18.0. The minimum Gasteiger partial charge on any atom is -0.493 e. The fourth-order valence-electron chi connectivity index (χ4n) is 4.19. The van der Waals surface area contributed by atoms with E-state index < -0.39 is 33.7 Å². The Kier molecular flexibility index (Phi) is 7.73. The first-order chi connectivity index (χ1) is 16.5. The number of fused-ring (bicyclic) bond motifs is 1. The summed E-state index contributed by atoms with van der Waals surface area (Å²) in [7, 11) is -3.11. The second-order valence-corrected chi connectivity index (χ2v) is 9.73. The third kappa shape index (κ3) is 5.12. The largest absolute Gasteiger partial charge is 0.516 e. The van der Waals surface area contributed by atoms with Crippen molar-refractivity contribution in [2.45, 2.75) is 44.4 Å². The van der Waals surface area contributed by atoms with Gasteiger partial charge in [-0.25, -0.2) is 4.79 Å². The standard InChI is InChI=1S/C23H27F3N2O6S/c1-5-34-22(29)27(14-16-9-7-6-8-10-16)18-11-15(2)28(35(30,31)23(24,25)26)19-13-21(33-4)20(32-3)12-17(18)19/h6-10,12-13,15,18H,5,11,14H2,1-4H3/t15-,18+/m1/s1. The average molecular weight is 517 g/mol. The summed E-state index contributed by atoms with van der Waals surface area (Å²) in [5.74, 6) is 0.228. The molecule has 0 bridgehead atoms. The maximum absolute atomic E-state index is 13.6. The van der Waals surface area contributed by atoms with Crippen LogP contribution < -0.4 is 13.8 Å². The monoisotopic (exact) mass is 516 g/mol. The Bertz CT molecular complexity index is 1160. The van der Waals surface area contributed by atoms with E-state index in [1.807, 2.05) is 6.07 Å². The van der Waals surface area contributed by atoms with E-state index >= 15 is 0 Å². The molecule has 0 saturated carbocycles. The minimum absolute atomic E-state index is 0.0484. The summed E-state index contributed by atoms with van der Waals surface area (Å²) in [6, 6.07) is 9.65. The van der Waals surface area contributed by atoms with E-state index in [1.165, 1.54) is 38.2 Å². The molecule has 0 radical (unpaired) electrons. The van der Waals surface area contributed by atoms with Crippen LogP contribution in [0.15, 0.2) is 42.5 Å². The van der Waals surface area contributed by atoms with Gasteiger partial charge in [-0.1, -0.05) is 30.3 Å². The van der Waals surface area contributed by atoms with Crippen molar-refractivity contribution in [1.82, 2.24) is 4.90 Å². The van der Waals surface area contributed by atoms with Gasteiger partial charge in [0.2, 0.25) is 0 Å². The quantitative estimate of drug-likeness (QED) is 0.523. The molecule has 192 valence electrons. The molecule has 1 aliphatic rings. The van der Waals surface area contributed by atoms with Crippen molar-refractivity contribution in [1.29, 1.82) is 0 Å². The van der Waals surface area contributed by atoms with Crippen LogP contribution in [0, 0.1) is 0 Å². The zero-order chi connectivity index (χ0) is 26.0. The zero-order valence-electron chi connectivity index (χ0n) is 19.7. The number of rotatable bonds is 7. The topological polar surface area (TPSA) is 85.4 Å². The molecule has 0 spiro atoms. The predicted octanol–water partition coefficient (Wildman–Crippen LogP) is 4.85. The first-order valence-electron chi connectivity index (χ1n) is 10.8. The van der Waals surface area contributed by atoms with Gasteiger partial charge >= 0.3 is 21.6 Å². The molecular weight excluding hydrogens is 489 g/mol. The molecule has 2 aromatic carbocycles. The van der Waals surface area contributed by atoms with Crippen LogP contribution in [0.1, 0.15) is 37.4 Å². The average Bonchev–Trinajstić information content (AvgIpc) is 2.81. The Morgan fingerprint density at radius 3 is 2.26 bits per heavy atom. The number of carbonyl (C=O) groups excluding carboxylic acids is 1. The Morgan fingerprint density at radius 2 is 1.71 bits per heavy atom. The van der Waals surface area contributed by atoms with Crippen LogP contribution in [-0.4, -0.2) is 51.8 Å². The van der Waals surface area contributed by atoms with Gasteiger partial charge in [0.05, 0.1) is 32.6 Å². The van der Waals surface area contributed by atoms with Gasteiger partial charge < -0.3 is 14.2 Å². The number of halogens is 3.